The molecular weight excluding hydrogens is 1360 g/mol. The summed E-state index contributed by atoms with van der Waals surface area (Å²) in [6, 6.07) is 3.85. The molecule has 3 amide bonds. The minimum Gasteiger partial charge on any atom is -0.444 e. The fourth-order valence-electron chi connectivity index (χ4n) is 8.33. The van der Waals surface area contributed by atoms with Crippen LogP contribution in [0.3, 0.4) is 0 Å². The molecule has 4 fully saturated rings. The van der Waals surface area contributed by atoms with Crippen LogP contribution >= 0.6 is 0 Å². The van der Waals surface area contributed by atoms with Gasteiger partial charge < -0.3 is 51.2 Å². The van der Waals surface area contributed by atoms with Crippen LogP contribution < -0.4 is 3.71 Å². The van der Waals surface area contributed by atoms with Crippen molar-refractivity contribution >= 4 is 81.1 Å². The monoisotopic (exact) mass is 1450 g/mol. The van der Waals surface area contributed by atoms with Gasteiger partial charge in [-0.3, -0.25) is 14.6 Å². The lowest BCUT2D eigenvalue weighted by atomic mass is 9.49. The Bertz CT molecular complexity index is 3190. The number of ether oxygens (including phenoxy) is 3. The highest BCUT2D eigenvalue weighted by Gasteiger charge is 2.65. The Morgan fingerprint density at radius 2 is 0.823 bits per heavy atom. The van der Waals surface area contributed by atoms with E-state index in [1.54, 1.807) is 25.7 Å². The molecule has 548 valence electrons. The molecule has 0 radical (unpaired) electrons. The first-order valence-corrected chi connectivity index (χ1v) is 34.5. The molecule has 0 N–H and O–H groups in total. The summed E-state index contributed by atoms with van der Waals surface area (Å²) in [5.41, 5.74) is -22.2. The number of para-hydroxylation sites is 1. The fraction of sp³-hybridized carbons (Fsp3) is 0.754. The number of amides is 3. The number of sulfonamides is 2. The van der Waals surface area contributed by atoms with Crippen molar-refractivity contribution < 1.29 is 130 Å². The number of Topliss-reactive ketones (excluding diaryl/α,β-unsaturated/α-hetero) is 1. The average Bonchev–Trinajstić information content (AvgIpc) is 1.24. The summed E-state index contributed by atoms with van der Waals surface area (Å²) in [6.07, 6.45) is 4.59. The second-order valence-corrected chi connectivity index (χ2v) is 34.0. The van der Waals surface area contributed by atoms with Gasteiger partial charge in [0.15, 0.2) is 5.78 Å². The van der Waals surface area contributed by atoms with Gasteiger partial charge in [-0.25, -0.2) is 14.4 Å². The van der Waals surface area contributed by atoms with Crippen molar-refractivity contribution in [3.05, 3.63) is 54.0 Å². The highest BCUT2D eigenvalue weighted by Crippen LogP contribution is 2.44. The summed E-state index contributed by atoms with van der Waals surface area (Å²) in [4.78, 5) is 50.6. The van der Waals surface area contributed by atoms with Crippen LogP contribution in [0.5, 0.6) is 0 Å². The number of carbonyl (C=O) groups is 4. The molecule has 0 bridgehead atoms. The number of ketones is 1. The topological polar surface area (TPSA) is 276 Å². The maximum absolute atomic E-state index is 12.4. The quantitative estimate of drug-likeness (QED) is 0.0806. The number of alkyl halides is 9. The molecule has 4 saturated heterocycles. The molecule has 6 heterocycles. The summed E-state index contributed by atoms with van der Waals surface area (Å²) >= 11 is 0. The van der Waals surface area contributed by atoms with E-state index >= 15 is 0 Å². The van der Waals surface area contributed by atoms with Crippen LogP contribution in [0.4, 0.5) is 59.6 Å². The Labute approximate surface area is 558 Å². The van der Waals surface area contributed by atoms with Gasteiger partial charge in [-0.1, -0.05) is 18.2 Å². The zero-order valence-corrected chi connectivity index (χ0v) is 60.4. The summed E-state index contributed by atoms with van der Waals surface area (Å²) in [6.45, 7) is 42.0. The number of hydrogen-bond acceptors (Lipinski definition) is 20. The molecule has 39 heteroatoms. The number of rotatable bonds is 7. The van der Waals surface area contributed by atoms with Crippen molar-refractivity contribution in [2.24, 2.45) is 0 Å². The number of anilines is 1. The van der Waals surface area contributed by atoms with Gasteiger partial charge in [0.2, 0.25) is 0 Å². The Morgan fingerprint density at radius 1 is 0.479 bits per heavy atom. The fourth-order valence-corrected chi connectivity index (χ4v) is 11.5. The molecule has 0 unspecified atom stereocenters. The maximum atomic E-state index is 12.4. The number of allylic oxidation sites excluding steroid dienone is 2. The predicted molar refractivity (Wildman–Crippen MR) is 336 cm³/mol. The SMILES string of the molecule is CC(C)(C)OC(=O)N1C=C(B2OC(C)(C)C(C)(C)O2)CCC1.CC(C)(C)OC(=O)N1C=C(OS(=O)(=O)C(F)(F)F)CCC1.CC(C)(C)OC(=O)N1CCCC(=O)C1.CC1(C)OB(B2OC(C)(C)C(C)(C)O2)OC1(C)C.O=S(=O)(N(c1ccccc1)S(=O)(=O)C(F)(F)F)C(F)(F)F. The maximum Gasteiger partial charge on any atom is 0.534 e. The standard InChI is InChI=1S/C16H28BNO4.C12H24B2O4.C11H16F3NO5S.C10H17NO3.C8H5F6NO4S2/c1-14(2,3)20-13(19)18-10-8-9-12(11-18)17-21-15(4,5)16(6,7)22-17;1-9(2)10(3,4)16-13(15-9)14-17-11(5,6)12(7,8)18-14;1-10(2,3)19-9(16)15-6-4-5-8(7-15)20-21(17,18)11(12,13)14;1-10(2,3)14-9(13)11-6-4-5-8(12)7-11;9-7(10,11)20(16,17)15(6-4-2-1-3-5-6)21(18,19)8(12,13)14/h11H,8-10H2,1-7H3;1-8H3;7H,4-6H2,1-3H3;4-7H2,1-3H3;1-5H. The molecule has 1 aromatic rings. The number of carbonyl (C=O) groups excluding carboxylic acids is 4. The average molecular weight is 1450 g/mol. The summed E-state index contributed by atoms with van der Waals surface area (Å²) < 4.78 is 232. The van der Waals surface area contributed by atoms with Gasteiger partial charge >= 0.3 is 86.1 Å². The van der Waals surface area contributed by atoms with Crippen molar-refractivity contribution in [1.29, 1.82) is 0 Å². The van der Waals surface area contributed by atoms with E-state index in [1.807, 2.05) is 131 Å². The van der Waals surface area contributed by atoms with Crippen molar-refractivity contribution in [2.45, 2.75) is 251 Å². The van der Waals surface area contributed by atoms with Gasteiger partial charge in [0.1, 0.15) is 22.6 Å². The highest BCUT2D eigenvalue weighted by atomic mass is 32.3. The van der Waals surface area contributed by atoms with Crippen molar-refractivity contribution in [2.75, 3.05) is 29.9 Å². The Hall–Kier alpha value is -5.05. The van der Waals surface area contributed by atoms with Crippen LogP contribution in [0.2, 0.25) is 0 Å². The van der Waals surface area contributed by atoms with Crippen LogP contribution in [0.15, 0.2) is 54.0 Å². The highest BCUT2D eigenvalue weighted by molar-refractivity contribution is 8.11. The first kappa shape index (κ1) is 85.2. The van der Waals surface area contributed by atoms with Gasteiger partial charge in [0, 0.05) is 44.9 Å². The zero-order chi connectivity index (χ0) is 74.7. The van der Waals surface area contributed by atoms with E-state index < -0.39 is 106 Å². The van der Waals surface area contributed by atoms with E-state index in [1.165, 1.54) is 4.90 Å². The second kappa shape index (κ2) is 30.0. The van der Waals surface area contributed by atoms with E-state index in [2.05, 4.69) is 4.18 Å². The van der Waals surface area contributed by atoms with Crippen LogP contribution in [-0.2, 0) is 81.3 Å². The smallest absolute Gasteiger partial charge is 0.444 e. The molecule has 7 rings (SSSR count). The van der Waals surface area contributed by atoms with Crippen LogP contribution in [0, 0.1) is 0 Å². The van der Waals surface area contributed by atoms with Gasteiger partial charge in [0.25, 0.3) is 0 Å². The van der Waals surface area contributed by atoms with E-state index in [-0.39, 0.29) is 77.5 Å². The molecule has 6 aliphatic rings. The minimum absolute atomic E-state index is 0.0192. The molecule has 0 aliphatic carbocycles. The number of nitrogens with zero attached hydrogens (tertiary/aromatic N) is 4. The first-order valence-electron chi connectivity index (χ1n) is 30.2. The Kier molecular flexibility index (Phi) is 26.6. The second-order valence-electron chi connectivity index (χ2n) is 28.7. The third-order valence-electron chi connectivity index (χ3n) is 15.3. The lowest BCUT2D eigenvalue weighted by Crippen LogP contribution is -2.49. The molecule has 0 saturated carbocycles. The molecule has 1 aromatic carbocycles. The third kappa shape index (κ3) is 23.0. The van der Waals surface area contributed by atoms with Gasteiger partial charge in [-0.2, -0.15) is 64.8 Å². The van der Waals surface area contributed by atoms with Gasteiger partial charge in [-0.05, 0) is 189 Å². The number of benzene rings is 1. The zero-order valence-electron chi connectivity index (χ0n) is 57.9. The molecule has 0 aromatic heterocycles. The molecule has 6 aliphatic heterocycles. The van der Waals surface area contributed by atoms with E-state index in [4.69, 9.17) is 42.1 Å². The van der Waals surface area contributed by atoms with Crippen molar-refractivity contribution in [3.8, 4) is 0 Å². The summed E-state index contributed by atoms with van der Waals surface area (Å²) in [5.74, 6) is -0.341. The Balaban J connectivity index is 0.000000315. The van der Waals surface area contributed by atoms with E-state index in [0.717, 1.165) is 54.0 Å². The van der Waals surface area contributed by atoms with E-state index in [9.17, 15) is 83.9 Å². The Morgan fingerprint density at radius 3 is 1.18 bits per heavy atom. The molecule has 0 spiro atoms. The van der Waals surface area contributed by atoms with Crippen LogP contribution in [0.1, 0.15) is 184 Å². The van der Waals surface area contributed by atoms with Gasteiger partial charge in [-0.15, -0.1) is 3.71 Å². The number of hydrogen-bond donors (Lipinski definition) is 0. The van der Waals surface area contributed by atoms with Crippen molar-refractivity contribution in [1.82, 2.24) is 14.7 Å². The number of halogens is 9. The van der Waals surface area contributed by atoms with Crippen LogP contribution in [-0.4, -0.2) is 178 Å². The van der Waals surface area contributed by atoms with Crippen molar-refractivity contribution in [3.63, 3.8) is 0 Å². The largest absolute Gasteiger partial charge is 0.534 e. The lowest BCUT2D eigenvalue weighted by Gasteiger charge is -2.32. The molecule has 0 atom stereocenters. The lowest BCUT2D eigenvalue weighted by molar-refractivity contribution is -0.122. The van der Waals surface area contributed by atoms with Gasteiger partial charge in [0.05, 0.1) is 45.8 Å². The first-order chi connectivity index (χ1) is 42.7. The summed E-state index contributed by atoms with van der Waals surface area (Å²) in [7, 11) is -20.7. The molecule has 96 heavy (non-hydrogen) atoms. The molecule has 24 nitrogen and oxygen atoms in total. The van der Waals surface area contributed by atoms with E-state index in [0.29, 0.717) is 31.6 Å². The predicted octanol–water partition coefficient (Wildman–Crippen LogP) is 12.3. The van der Waals surface area contributed by atoms with Crippen LogP contribution in [0.25, 0.3) is 0 Å². The third-order valence-corrected chi connectivity index (χ3v) is 19.9. The minimum atomic E-state index is -6.81. The molecular formula is C57H90B3F9N4O20S3. The number of piperidine rings is 1. The summed E-state index contributed by atoms with van der Waals surface area (Å²) in [5, 5.41) is 0. The normalized spacial score (nSPS) is 21.0. The number of likely N-dealkylation sites (tertiary alicyclic amines) is 1.